The third-order valence-corrected chi connectivity index (χ3v) is 5.33. The molecule has 1 saturated heterocycles. The van der Waals surface area contributed by atoms with Gasteiger partial charge in [-0.05, 0) is 50.2 Å². The summed E-state index contributed by atoms with van der Waals surface area (Å²) in [5, 5.41) is 2.98. The first-order chi connectivity index (χ1) is 12.7. The fourth-order valence-electron chi connectivity index (χ4n) is 3.97. The lowest BCUT2D eigenvalue weighted by molar-refractivity contribution is 0.0730. The fourth-order valence-corrected chi connectivity index (χ4v) is 3.97. The summed E-state index contributed by atoms with van der Waals surface area (Å²) in [6, 6.07) is 1.67. The van der Waals surface area contributed by atoms with Gasteiger partial charge in [0, 0.05) is 19.3 Å². The molecule has 1 atom stereocenters. The van der Waals surface area contributed by atoms with Gasteiger partial charge in [-0.3, -0.25) is 14.6 Å². The van der Waals surface area contributed by atoms with Crippen molar-refractivity contribution in [3.8, 4) is 0 Å². The lowest BCUT2D eigenvalue weighted by Gasteiger charge is -2.25. The van der Waals surface area contributed by atoms with Crippen molar-refractivity contribution in [2.24, 2.45) is 0 Å². The van der Waals surface area contributed by atoms with Gasteiger partial charge in [-0.1, -0.05) is 0 Å². The largest absolute Gasteiger partial charge is 0.372 e. The highest BCUT2D eigenvalue weighted by atomic mass is 16.2. The van der Waals surface area contributed by atoms with Crippen molar-refractivity contribution in [3.63, 3.8) is 0 Å². The molecule has 26 heavy (non-hydrogen) atoms. The smallest absolute Gasteiger partial charge is 0.261 e. The first-order valence-electron chi connectivity index (χ1n) is 9.23. The van der Waals surface area contributed by atoms with E-state index in [4.69, 9.17) is 0 Å². The molecule has 0 bridgehead atoms. The van der Waals surface area contributed by atoms with Crippen LogP contribution in [0, 0.1) is 0 Å². The molecule has 0 spiro atoms. The molecule has 0 saturated carbocycles. The van der Waals surface area contributed by atoms with Crippen molar-refractivity contribution in [3.05, 3.63) is 51.3 Å². The minimum atomic E-state index is -0.281. The lowest BCUT2D eigenvalue weighted by atomic mass is 9.95. The molecule has 2 aromatic rings. The van der Waals surface area contributed by atoms with Gasteiger partial charge >= 0.3 is 0 Å². The standard InChI is InChI=1S/C19H23N5O2/c1-20-17-11-21-10-15(22-17)16-7-4-8-24(16)19(26)13-9-12-5-2-3-6-14(12)23-18(13)25/h9-11,16H,2-8H2,1H3,(H,20,22)(H,23,25)/t16-/m0/s1. The Morgan fingerprint density at radius 3 is 2.96 bits per heavy atom. The molecule has 2 aliphatic rings. The number of hydrogen-bond donors (Lipinski definition) is 2. The van der Waals surface area contributed by atoms with Gasteiger partial charge in [0.15, 0.2) is 0 Å². The maximum atomic E-state index is 13.1. The Morgan fingerprint density at radius 1 is 1.27 bits per heavy atom. The SMILES string of the molecule is CNc1cncc([C@@H]2CCCN2C(=O)c2cc3c([nH]c2=O)CCCC3)n1. The number of rotatable bonds is 3. The number of amides is 1. The molecule has 2 N–H and O–H groups in total. The number of carbonyl (C=O) groups is 1. The average molecular weight is 353 g/mol. The number of hydrogen-bond acceptors (Lipinski definition) is 5. The van der Waals surface area contributed by atoms with Crippen LogP contribution in [-0.4, -0.2) is 39.4 Å². The first kappa shape index (κ1) is 16.8. The number of aromatic nitrogens is 3. The average Bonchev–Trinajstić information content (AvgIpc) is 3.17. The van der Waals surface area contributed by atoms with Gasteiger partial charge in [0.25, 0.3) is 11.5 Å². The molecule has 7 nitrogen and oxygen atoms in total. The zero-order valence-corrected chi connectivity index (χ0v) is 14.9. The van der Waals surface area contributed by atoms with Gasteiger partial charge in [-0.2, -0.15) is 0 Å². The number of nitrogens with one attached hydrogen (secondary N) is 2. The summed E-state index contributed by atoms with van der Waals surface area (Å²) in [4.78, 5) is 39.1. The molecular formula is C19H23N5O2. The minimum Gasteiger partial charge on any atom is -0.372 e. The monoisotopic (exact) mass is 353 g/mol. The van der Waals surface area contributed by atoms with Crippen LogP contribution in [0.1, 0.15) is 59.0 Å². The quantitative estimate of drug-likeness (QED) is 0.881. The predicted molar refractivity (Wildman–Crippen MR) is 98.3 cm³/mol. The van der Waals surface area contributed by atoms with Gasteiger partial charge in [-0.25, -0.2) is 4.98 Å². The van der Waals surface area contributed by atoms with Crippen LogP contribution >= 0.6 is 0 Å². The summed E-state index contributed by atoms with van der Waals surface area (Å²) in [7, 11) is 1.79. The molecule has 2 aromatic heterocycles. The van der Waals surface area contributed by atoms with E-state index in [0.717, 1.165) is 55.5 Å². The fraction of sp³-hybridized carbons (Fsp3) is 0.474. The Kier molecular flexibility index (Phi) is 4.44. The van der Waals surface area contributed by atoms with Crippen LogP contribution in [0.15, 0.2) is 23.3 Å². The molecule has 1 aliphatic heterocycles. The molecule has 4 rings (SSSR count). The van der Waals surface area contributed by atoms with Crippen LogP contribution in [0.4, 0.5) is 5.82 Å². The number of pyridine rings is 1. The van der Waals surface area contributed by atoms with Crippen molar-refractivity contribution in [1.29, 1.82) is 0 Å². The zero-order valence-electron chi connectivity index (χ0n) is 14.9. The molecule has 1 fully saturated rings. The number of anilines is 1. The van der Waals surface area contributed by atoms with E-state index in [0.29, 0.717) is 12.4 Å². The van der Waals surface area contributed by atoms with Gasteiger partial charge in [0.05, 0.1) is 24.1 Å². The third-order valence-electron chi connectivity index (χ3n) is 5.33. The Balaban J connectivity index is 1.66. The maximum Gasteiger partial charge on any atom is 0.261 e. The van der Waals surface area contributed by atoms with Crippen molar-refractivity contribution in [2.75, 3.05) is 18.9 Å². The predicted octanol–water partition coefficient (Wildman–Crippen LogP) is 2.06. The van der Waals surface area contributed by atoms with Crippen molar-refractivity contribution < 1.29 is 4.79 Å². The lowest BCUT2D eigenvalue weighted by Crippen LogP contribution is -2.35. The molecule has 3 heterocycles. The second kappa shape index (κ2) is 6.90. The summed E-state index contributed by atoms with van der Waals surface area (Å²) in [6.07, 6.45) is 9.08. The van der Waals surface area contributed by atoms with E-state index in [9.17, 15) is 9.59 Å². The third kappa shape index (κ3) is 2.98. The summed E-state index contributed by atoms with van der Waals surface area (Å²) in [6.45, 7) is 0.630. The Labute approximate surface area is 151 Å². The number of carbonyl (C=O) groups excluding carboxylic acids is 1. The van der Waals surface area contributed by atoms with Crippen LogP contribution in [0.2, 0.25) is 0 Å². The Hall–Kier alpha value is -2.70. The molecular weight excluding hydrogens is 330 g/mol. The van der Waals surface area contributed by atoms with Crippen molar-refractivity contribution in [2.45, 2.75) is 44.6 Å². The van der Waals surface area contributed by atoms with Gasteiger partial charge in [-0.15, -0.1) is 0 Å². The number of nitrogens with zero attached hydrogens (tertiary/aromatic N) is 3. The van der Waals surface area contributed by atoms with Crippen molar-refractivity contribution >= 4 is 11.7 Å². The molecule has 0 aromatic carbocycles. The number of aryl methyl sites for hydroxylation is 2. The maximum absolute atomic E-state index is 13.1. The van der Waals surface area contributed by atoms with Gasteiger partial charge in [0.1, 0.15) is 11.4 Å². The van der Waals surface area contributed by atoms with Gasteiger partial charge < -0.3 is 15.2 Å². The highest BCUT2D eigenvalue weighted by Crippen LogP contribution is 2.32. The molecule has 1 amide bonds. The van der Waals surface area contributed by atoms with Crippen molar-refractivity contribution in [1.82, 2.24) is 19.9 Å². The Morgan fingerprint density at radius 2 is 2.12 bits per heavy atom. The van der Waals surface area contributed by atoms with E-state index >= 15 is 0 Å². The Bertz CT molecular complexity index is 892. The normalized spacial score (nSPS) is 19.3. The topological polar surface area (TPSA) is 91.0 Å². The van der Waals surface area contributed by atoms with Crippen LogP contribution < -0.4 is 10.9 Å². The number of H-pyrrole nitrogens is 1. The van der Waals surface area contributed by atoms with E-state index in [1.165, 1.54) is 0 Å². The van der Waals surface area contributed by atoms with E-state index in [1.54, 1.807) is 30.4 Å². The second-order valence-corrected chi connectivity index (χ2v) is 6.96. The van der Waals surface area contributed by atoms with E-state index in [-0.39, 0.29) is 23.1 Å². The van der Waals surface area contributed by atoms with Gasteiger partial charge in [0.2, 0.25) is 0 Å². The summed E-state index contributed by atoms with van der Waals surface area (Å²) in [5.41, 5.74) is 2.82. The van der Waals surface area contributed by atoms with E-state index < -0.39 is 0 Å². The highest BCUT2D eigenvalue weighted by molar-refractivity contribution is 5.94. The summed E-state index contributed by atoms with van der Waals surface area (Å²) >= 11 is 0. The molecule has 0 radical (unpaired) electrons. The molecule has 7 heteroatoms. The summed E-state index contributed by atoms with van der Waals surface area (Å²) < 4.78 is 0. The molecule has 1 aliphatic carbocycles. The second-order valence-electron chi connectivity index (χ2n) is 6.96. The molecule has 0 unspecified atom stereocenters. The van der Waals surface area contributed by atoms with Crippen LogP contribution in [0.25, 0.3) is 0 Å². The summed E-state index contributed by atoms with van der Waals surface area (Å²) in [5.74, 6) is 0.465. The van der Waals surface area contributed by atoms with Crippen LogP contribution in [-0.2, 0) is 12.8 Å². The van der Waals surface area contributed by atoms with E-state index in [1.807, 2.05) is 0 Å². The van der Waals surface area contributed by atoms with E-state index in [2.05, 4.69) is 20.3 Å². The highest BCUT2D eigenvalue weighted by Gasteiger charge is 2.33. The zero-order chi connectivity index (χ0) is 18.1. The van der Waals surface area contributed by atoms with Crippen LogP contribution in [0.5, 0.6) is 0 Å². The first-order valence-corrected chi connectivity index (χ1v) is 9.23. The van der Waals surface area contributed by atoms with Crippen LogP contribution in [0.3, 0.4) is 0 Å². The minimum absolute atomic E-state index is 0.140. The number of fused-ring (bicyclic) bond motifs is 1. The molecule has 136 valence electrons. The number of likely N-dealkylation sites (tertiary alicyclic amines) is 1. The number of aromatic amines is 1.